The van der Waals surface area contributed by atoms with Crippen molar-refractivity contribution >= 4 is 77.6 Å². The summed E-state index contributed by atoms with van der Waals surface area (Å²) in [5.74, 6) is 0.554. The highest BCUT2D eigenvalue weighted by Crippen LogP contribution is 2.40. The average Bonchev–Trinajstić information content (AvgIpc) is 3.60. The quantitative estimate of drug-likeness (QED) is 0.164. The number of primary amides is 1. The number of amides is 3. The SMILES string of the molecule is COc1c(-c2cccc3[nH]c(N4CCN(C)CC4)nc23)ccc(C(=O)N(C)c2ccc(C)cc2OCCCCCC(=O)N2CCN(C)CC2)c1C(N)=O.Cl.Cl.Cl. The van der Waals surface area contributed by atoms with Crippen molar-refractivity contribution in [3.8, 4) is 22.6 Å². The van der Waals surface area contributed by atoms with Gasteiger partial charge in [-0.2, -0.15) is 0 Å². The van der Waals surface area contributed by atoms with Gasteiger partial charge in [0, 0.05) is 77.0 Å². The molecule has 13 nitrogen and oxygen atoms in total. The van der Waals surface area contributed by atoms with Crippen LogP contribution in [0.3, 0.4) is 0 Å². The first-order valence-corrected chi connectivity index (χ1v) is 18.5. The number of imidazole rings is 1. The van der Waals surface area contributed by atoms with E-state index in [0.717, 1.165) is 99.7 Å². The molecule has 56 heavy (non-hydrogen) atoms. The van der Waals surface area contributed by atoms with Crippen molar-refractivity contribution in [2.75, 3.05) is 97.0 Å². The molecule has 3 aromatic carbocycles. The van der Waals surface area contributed by atoms with Gasteiger partial charge in [0.1, 0.15) is 11.5 Å². The van der Waals surface area contributed by atoms with Gasteiger partial charge in [-0.3, -0.25) is 14.4 Å². The van der Waals surface area contributed by atoms with E-state index in [0.29, 0.717) is 30.0 Å². The number of aromatic amines is 1. The zero-order valence-corrected chi connectivity index (χ0v) is 35.3. The number of nitrogens with one attached hydrogen (secondary N) is 1. The number of fused-ring (bicyclic) bond motifs is 1. The predicted octanol–water partition coefficient (Wildman–Crippen LogP) is 5.65. The molecule has 0 radical (unpaired) electrons. The fourth-order valence-electron chi connectivity index (χ4n) is 7.09. The predicted molar refractivity (Wildman–Crippen MR) is 230 cm³/mol. The van der Waals surface area contributed by atoms with Crippen LogP contribution >= 0.6 is 37.2 Å². The van der Waals surface area contributed by atoms with Crippen LogP contribution in [-0.2, 0) is 4.79 Å². The van der Waals surface area contributed by atoms with Gasteiger partial charge >= 0.3 is 0 Å². The number of methoxy groups -OCH3 is 1. The van der Waals surface area contributed by atoms with Crippen molar-refractivity contribution in [2.24, 2.45) is 5.73 Å². The number of aromatic nitrogens is 2. The van der Waals surface area contributed by atoms with Gasteiger partial charge in [-0.05, 0) is 76.2 Å². The minimum absolute atomic E-state index is 0. The number of halogens is 3. The Morgan fingerprint density at radius 1 is 0.857 bits per heavy atom. The van der Waals surface area contributed by atoms with E-state index in [4.69, 9.17) is 20.2 Å². The second kappa shape index (κ2) is 20.8. The Morgan fingerprint density at radius 2 is 1.54 bits per heavy atom. The summed E-state index contributed by atoms with van der Waals surface area (Å²) >= 11 is 0. The van der Waals surface area contributed by atoms with Gasteiger partial charge in [-0.15, -0.1) is 37.2 Å². The Kier molecular flexibility index (Phi) is 17.1. The van der Waals surface area contributed by atoms with Crippen LogP contribution < -0.4 is 25.0 Å². The summed E-state index contributed by atoms with van der Waals surface area (Å²) in [6.07, 6.45) is 2.96. The molecule has 3 amide bonds. The average molecular weight is 834 g/mol. The third-order valence-corrected chi connectivity index (χ3v) is 10.4. The molecule has 0 aliphatic carbocycles. The first kappa shape index (κ1) is 46.1. The maximum atomic E-state index is 14.2. The molecular weight excluding hydrogens is 779 g/mol. The van der Waals surface area contributed by atoms with Crippen LogP contribution in [-0.4, -0.2) is 130 Å². The number of ether oxygens (including phenoxy) is 2. The number of para-hydroxylation sites is 1. The Morgan fingerprint density at radius 3 is 2.20 bits per heavy atom. The second-order valence-electron chi connectivity index (χ2n) is 14.2. The number of benzene rings is 3. The van der Waals surface area contributed by atoms with Crippen LogP contribution in [0.15, 0.2) is 48.5 Å². The number of piperazine rings is 2. The normalized spacial score (nSPS) is 14.7. The summed E-state index contributed by atoms with van der Waals surface area (Å²) in [6, 6.07) is 14.9. The van der Waals surface area contributed by atoms with Crippen molar-refractivity contribution in [2.45, 2.75) is 32.6 Å². The van der Waals surface area contributed by atoms with E-state index >= 15 is 0 Å². The number of H-pyrrole nitrogens is 1. The molecule has 3 N–H and O–H groups in total. The van der Waals surface area contributed by atoms with E-state index in [2.05, 4.69) is 33.8 Å². The van der Waals surface area contributed by atoms with Crippen molar-refractivity contribution < 1.29 is 23.9 Å². The molecule has 306 valence electrons. The van der Waals surface area contributed by atoms with Crippen LogP contribution in [0.4, 0.5) is 11.6 Å². The summed E-state index contributed by atoms with van der Waals surface area (Å²) in [4.78, 5) is 58.6. The fraction of sp³-hybridized carbons (Fsp3) is 0.450. The smallest absolute Gasteiger partial charge is 0.259 e. The van der Waals surface area contributed by atoms with E-state index in [1.54, 1.807) is 19.2 Å². The number of carbonyl (C=O) groups excluding carboxylic acids is 3. The van der Waals surface area contributed by atoms with Crippen LogP contribution in [0, 0.1) is 6.92 Å². The number of nitrogens with zero attached hydrogens (tertiary/aromatic N) is 6. The number of hydrogen-bond acceptors (Lipinski definition) is 9. The van der Waals surface area contributed by atoms with Crippen LogP contribution in [0.5, 0.6) is 11.5 Å². The lowest BCUT2D eigenvalue weighted by atomic mass is 9.95. The topological polar surface area (TPSA) is 141 Å². The minimum atomic E-state index is -0.778. The molecule has 2 aliphatic heterocycles. The Hall–Kier alpha value is -4.27. The highest BCUT2D eigenvalue weighted by molar-refractivity contribution is 6.15. The van der Waals surface area contributed by atoms with Gasteiger partial charge in [0.05, 0.1) is 41.6 Å². The standard InChI is InChI=1S/C40H52N8O5.3ClH/c1-27-13-16-32(33(26-27)53-25-8-6-7-12-34(49)47-21-17-44(2)18-22-47)46(4)39(51)30-15-14-29(37(52-5)35(30)38(41)50)28-10-9-11-31-36(28)43-40(42-31)48-23-19-45(3)20-24-48;;;/h9-11,13-16,26H,6-8,12,17-25H2,1-5H3,(H2,41,50)(H,42,43);3*1H. The van der Waals surface area contributed by atoms with Gasteiger partial charge < -0.3 is 44.7 Å². The highest BCUT2D eigenvalue weighted by Gasteiger charge is 2.28. The number of likely N-dealkylation sites (N-methyl/N-ethyl adjacent to an activating group) is 2. The summed E-state index contributed by atoms with van der Waals surface area (Å²) in [5.41, 5.74) is 10.6. The summed E-state index contributed by atoms with van der Waals surface area (Å²) in [6.45, 7) is 9.42. The third kappa shape index (κ3) is 10.4. The van der Waals surface area contributed by atoms with E-state index in [-0.39, 0.29) is 60.0 Å². The number of nitrogens with two attached hydrogens (primary N) is 1. The van der Waals surface area contributed by atoms with Gasteiger partial charge in [-0.1, -0.05) is 18.2 Å². The minimum Gasteiger partial charge on any atom is -0.495 e. The first-order valence-electron chi connectivity index (χ1n) is 18.5. The van der Waals surface area contributed by atoms with Gasteiger partial charge in [0.2, 0.25) is 11.9 Å². The molecule has 3 heterocycles. The summed E-state index contributed by atoms with van der Waals surface area (Å²) < 4.78 is 12.1. The van der Waals surface area contributed by atoms with E-state index in [9.17, 15) is 14.4 Å². The van der Waals surface area contributed by atoms with Crippen molar-refractivity contribution in [3.05, 3.63) is 65.2 Å². The molecule has 0 atom stereocenters. The maximum absolute atomic E-state index is 14.2. The molecule has 0 bridgehead atoms. The highest BCUT2D eigenvalue weighted by atomic mass is 35.5. The molecule has 2 fully saturated rings. The zero-order chi connectivity index (χ0) is 37.6. The number of carbonyl (C=O) groups is 3. The van der Waals surface area contributed by atoms with E-state index in [1.165, 1.54) is 12.0 Å². The molecule has 4 aromatic rings. The zero-order valence-electron chi connectivity index (χ0n) is 32.8. The second-order valence-corrected chi connectivity index (χ2v) is 14.2. The lowest BCUT2D eigenvalue weighted by Crippen LogP contribution is -2.47. The van der Waals surface area contributed by atoms with Gasteiger partial charge in [0.15, 0.2) is 0 Å². The molecule has 1 aromatic heterocycles. The number of hydrogen-bond donors (Lipinski definition) is 2. The van der Waals surface area contributed by atoms with Crippen LogP contribution in [0.1, 0.15) is 52.0 Å². The number of anilines is 2. The summed E-state index contributed by atoms with van der Waals surface area (Å²) in [7, 11) is 7.31. The molecule has 6 rings (SSSR count). The van der Waals surface area contributed by atoms with Crippen molar-refractivity contribution in [1.82, 2.24) is 24.7 Å². The molecule has 0 unspecified atom stereocenters. The molecule has 16 heteroatoms. The number of rotatable bonds is 13. The molecular formula is C40H55Cl3N8O5. The number of aryl methyl sites for hydroxylation is 1. The monoisotopic (exact) mass is 832 g/mol. The maximum Gasteiger partial charge on any atom is 0.259 e. The van der Waals surface area contributed by atoms with Crippen molar-refractivity contribution in [1.29, 1.82) is 0 Å². The van der Waals surface area contributed by atoms with Gasteiger partial charge in [0.25, 0.3) is 11.8 Å². The van der Waals surface area contributed by atoms with Crippen LogP contribution in [0.25, 0.3) is 22.2 Å². The van der Waals surface area contributed by atoms with Crippen molar-refractivity contribution in [3.63, 3.8) is 0 Å². The lowest BCUT2D eigenvalue weighted by Gasteiger charge is -2.32. The van der Waals surface area contributed by atoms with E-state index < -0.39 is 11.8 Å². The first-order chi connectivity index (χ1) is 25.5. The molecule has 0 saturated carbocycles. The lowest BCUT2D eigenvalue weighted by molar-refractivity contribution is -0.132. The Balaban J connectivity index is 0.00000280. The fourth-order valence-corrected chi connectivity index (χ4v) is 7.09. The third-order valence-electron chi connectivity index (χ3n) is 10.4. The molecule has 2 aliphatic rings. The molecule has 0 spiro atoms. The largest absolute Gasteiger partial charge is 0.495 e. The summed E-state index contributed by atoms with van der Waals surface area (Å²) in [5, 5.41) is 0. The van der Waals surface area contributed by atoms with Gasteiger partial charge in [-0.25, -0.2) is 4.98 Å². The van der Waals surface area contributed by atoms with Crippen LogP contribution in [0.2, 0.25) is 0 Å². The Bertz CT molecular complexity index is 1960. The number of unbranched alkanes of at least 4 members (excludes halogenated alkanes) is 2. The van der Waals surface area contributed by atoms with E-state index in [1.807, 2.05) is 48.2 Å². The molecule has 2 saturated heterocycles. The Labute approximate surface area is 348 Å².